The van der Waals surface area contributed by atoms with E-state index in [1.165, 1.54) is 0 Å². The molecule has 0 aliphatic carbocycles. The van der Waals surface area contributed by atoms with Crippen LogP contribution in [0.4, 0.5) is 18.0 Å². The van der Waals surface area contributed by atoms with Crippen LogP contribution in [-0.2, 0) is 4.74 Å². The second-order valence-electron chi connectivity index (χ2n) is 3.30. The summed E-state index contributed by atoms with van der Waals surface area (Å²) in [5.41, 5.74) is 0. The van der Waals surface area contributed by atoms with E-state index in [1.807, 2.05) is 0 Å². The molecule has 15 heavy (non-hydrogen) atoms. The molecule has 0 bridgehead atoms. The SMILES string of the molecule is O=C(NCC1CCSC1)OCC(F)(F)F. The lowest BCUT2D eigenvalue weighted by atomic mass is 10.1. The summed E-state index contributed by atoms with van der Waals surface area (Å²) < 4.78 is 38.9. The van der Waals surface area contributed by atoms with Crippen molar-refractivity contribution in [2.24, 2.45) is 5.92 Å². The maximum atomic E-state index is 11.6. The molecule has 1 fully saturated rings. The highest BCUT2D eigenvalue weighted by molar-refractivity contribution is 7.99. The number of carbonyl (C=O) groups excluding carboxylic acids is 1. The number of hydrogen-bond acceptors (Lipinski definition) is 3. The molecule has 88 valence electrons. The van der Waals surface area contributed by atoms with Crippen LogP contribution in [0, 0.1) is 5.92 Å². The minimum absolute atomic E-state index is 0.355. The fraction of sp³-hybridized carbons (Fsp3) is 0.875. The third-order valence-corrected chi connectivity index (χ3v) is 3.16. The van der Waals surface area contributed by atoms with Crippen LogP contribution in [0.5, 0.6) is 0 Å². The van der Waals surface area contributed by atoms with Gasteiger partial charge in [-0.25, -0.2) is 4.79 Å². The minimum atomic E-state index is -4.46. The number of ether oxygens (including phenoxy) is 1. The van der Waals surface area contributed by atoms with Crippen molar-refractivity contribution in [3.63, 3.8) is 0 Å². The van der Waals surface area contributed by atoms with Crippen molar-refractivity contribution in [3.05, 3.63) is 0 Å². The Morgan fingerprint density at radius 1 is 1.53 bits per heavy atom. The van der Waals surface area contributed by atoms with Gasteiger partial charge < -0.3 is 10.1 Å². The average Bonchev–Trinajstić information content (AvgIpc) is 2.62. The molecule has 3 nitrogen and oxygen atoms in total. The largest absolute Gasteiger partial charge is 0.440 e. The Morgan fingerprint density at radius 3 is 2.80 bits per heavy atom. The van der Waals surface area contributed by atoms with Crippen LogP contribution in [0.25, 0.3) is 0 Å². The van der Waals surface area contributed by atoms with E-state index in [2.05, 4.69) is 10.1 Å². The molecule has 1 aliphatic rings. The van der Waals surface area contributed by atoms with Gasteiger partial charge in [0.15, 0.2) is 6.61 Å². The van der Waals surface area contributed by atoms with Crippen molar-refractivity contribution in [3.8, 4) is 0 Å². The van der Waals surface area contributed by atoms with Crippen molar-refractivity contribution in [1.29, 1.82) is 0 Å². The summed E-state index contributed by atoms with van der Waals surface area (Å²) in [7, 11) is 0. The average molecular weight is 243 g/mol. The first kappa shape index (κ1) is 12.5. The van der Waals surface area contributed by atoms with Gasteiger partial charge in [0.1, 0.15) is 0 Å². The zero-order valence-electron chi connectivity index (χ0n) is 7.97. The number of thioether (sulfide) groups is 1. The molecule has 1 amide bonds. The molecule has 1 atom stereocenters. The molecule has 7 heteroatoms. The lowest BCUT2D eigenvalue weighted by Gasteiger charge is -2.11. The normalized spacial score (nSPS) is 21.4. The monoisotopic (exact) mass is 243 g/mol. The predicted molar refractivity (Wildman–Crippen MR) is 50.8 cm³/mol. The summed E-state index contributed by atoms with van der Waals surface area (Å²) in [6.45, 7) is -1.14. The Labute approximate surface area is 89.7 Å². The summed E-state index contributed by atoms with van der Waals surface area (Å²) in [5.74, 6) is 2.34. The van der Waals surface area contributed by atoms with Crippen molar-refractivity contribution in [2.75, 3.05) is 24.7 Å². The topological polar surface area (TPSA) is 38.3 Å². The molecule has 1 saturated heterocycles. The number of carbonyl (C=O) groups is 1. The van der Waals surface area contributed by atoms with Crippen LogP contribution in [-0.4, -0.2) is 36.9 Å². The van der Waals surface area contributed by atoms with E-state index in [0.717, 1.165) is 17.9 Å². The third kappa shape index (κ3) is 5.76. The van der Waals surface area contributed by atoms with Gasteiger partial charge in [-0.15, -0.1) is 0 Å². The van der Waals surface area contributed by atoms with Gasteiger partial charge in [-0.2, -0.15) is 24.9 Å². The van der Waals surface area contributed by atoms with Gasteiger partial charge in [-0.1, -0.05) is 0 Å². The van der Waals surface area contributed by atoms with Gasteiger partial charge in [0.05, 0.1) is 0 Å². The Balaban J connectivity index is 2.08. The molecule has 0 aromatic heterocycles. The molecular formula is C8H12F3NO2S. The van der Waals surface area contributed by atoms with E-state index in [9.17, 15) is 18.0 Å². The number of alkyl carbamates (subject to hydrolysis) is 1. The van der Waals surface area contributed by atoms with Gasteiger partial charge in [0, 0.05) is 6.54 Å². The summed E-state index contributed by atoms with van der Waals surface area (Å²) in [5, 5.41) is 2.32. The van der Waals surface area contributed by atoms with E-state index >= 15 is 0 Å². The van der Waals surface area contributed by atoms with E-state index < -0.39 is 18.9 Å². The lowest BCUT2D eigenvalue weighted by molar-refractivity contribution is -0.160. The van der Waals surface area contributed by atoms with Crippen molar-refractivity contribution in [1.82, 2.24) is 5.32 Å². The van der Waals surface area contributed by atoms with E-state index in [1.54, 1.807) is 11.8 Å². The number of alkyl halides is 3. The molecule has 0 radical (unpaired) electrons. The minimum Gasteiger partial charge on any atom is -0.440 e. The first-order valence-electron chi connectivity index (χ1n) is 4.52. The summed E-state index contributed by atoms with van der Waals surface area (Å²) in [6.07, 6.45) is -4.46. The van der Waals surface area contributed by atoms with Crippen molar-refractivity contribution >= 4 is 17.9 Å². The fourth-order valence-electron chi connectivity index (χ4n) is 1.17. The van der Waals surface area contributed by atoms with E-state index in [0.29, 0.717) is 12.5 Å². The van der Waals surface area contributed by atoms with Crippen LogP contribution in [0.1, 0.15) is 6.42 Å². The Hall–Kier alpha value is -0.590. The first-order valence-corrected chi connectivity index (χ1v) is 5.68. The molecule has 1 N–H and O–H groups in total. The Morgan fingerprint density at radius 2 is 2.27 bits per heavy atom. The second kappa shape index (κ2) is 5.48. The number of halogens is 3. The quantitative estimate of drug-likeness (QED) is 0.824. The zero-order chi connectivity index (χ0) is 11.3. The van der Waals surface area contributed by atoms with Crippen LogP contribution in [0.3, 0.4) is 0 Å². The van der Waals surface area contributed by atoms with Gasteiger partial charge >= 0.3 is 12.3 Å². The van der Waals surface area contributed by atoms with Crippen molar-refractivity contribution < 1.29 is 22.7 Å². The van der Waals surface area contributed by atoms with Gasteiger partial charge in [-0.05, 0) is 23.8 Å². The second-order valence-corrected chi connectivity index (χ2v) is 4.45. The first-order chi connectivity index (χ1) is 6.97. The van der Waals surface area contributed by atoms with E-state index in [4.69, 9.17) is 0 Å². The Kier molecular flexibility index (Phi) is 4.56. The molecule has 0 aromatic rings. The van der Waals surface area contributed by atoms with Crippen LogP contribution >= 0.6 is 11.8 Å². The third-order valence-electron chi connectivity index (χ3n) is 1.93. The summed E-state index contributed by atoms with van der Waals surface area (Å²) in [6, 6.07) is 0. The number of nitrogens with one attached hydrogen (secondary N) is 1. The van der Waals surface area contributed by atoms with Crippen molar-refractivity contribution in [2.45, 2.75) is 12.6 Å². The molecular weight excluding hydrogens is 231 g/mol. The van der Waals surface area contributed by atoms with Crippen LogP contribution in [0.15, 0.2) is 0 Å². The lowest BCUT2D eigenvalue weighted by Crippen LogP contribution is -2.32. The molecule has 1 heterocycles. The van der Waals surface area contributed by atoms with Crippen LogP contribution in [0.2, 0.25) is 0 Å². The highest BCUT2D eigenvalue weighted by Crippen LogP contribution is 2.22. The predicted octanol–water partition coefficient (Wildman–Crippen LogP) is 2.03. The summed E-state index contributed by atoms with van der Waals surface area (Å²) >= 11 is 1.78. The molecule has 0 saturated carbocycles. The maximum Gasteiger partial charge on any atom is 0.422 e. The highest BCUT2D eigenvalue weighted by Gasteiger charge is 2.29. The fourth-order valence-corrected chi connectivity index (χ4v) is 2.45. The van der Waals surface area contributed by atoms with E-state index in [-0.39, 0.29) is 0 Å². The molecule has 1 aliphatic heterocycles. The molecule has 1 rings (SSSR count). The smallest absolute Gasteiger partial charge is 0.422 e. The standard InChI is InChI=1S/C8H12F3NO2S/c9-8(10,11)5-14-7(13)12-3-6-1-2-15-4-6/h6H,1-5H2,(H,12,13). The van der Waals surface area contributed by atoms with Crippen LogP contribution < -0.4 is 5.32 Å². The molecule has 0 spiro atoms. The number of hydrogen-bond donors (Lipinski definition) is 1. The zero-order valence-corrected chi connectivity index (χ0v) is 8.79. The molecule has 1 unspecified atom stereocenters. The van der Waals surface area contributed by atoms with Gasteiger partial charge in [0.25, 0.3) is 0 Å². The maximum absolute atomic E-state index is 11.6. The van der Waals surface area contributed by atoms with Gasteiger partial charge in [-0.3, -0.25) is 0 Å². The molecule has 0 aromatic carbocycles. The Bertz CT molecular complexity index is 216. The van der Waals surface area contributed by atoms with Gasteiger partial charge in [0.2, 0.25) is 0 Å². The highest BCUT2D eigenvalue weighted by atomic mass is 32.2. The number of rotatable bonds is 3. The summed E-state index contributed by atoms with van der Waals surface area (Å²) in [4.78, 5) is 10.8. The number of amides is 1.